The second-order valence-corrected chi connectivity index (χ2v) is 5.33. The van der Waals surface area contributed by atoms with Crippen molar-refractivity contribution in [2.24, 2.45) is 0 Å². The third-order valence-electron chi connectivity index (χ3n) is 2.59. The third kappa shape index (κ3) is 2.65. The van der Waals surface area contributed by atoms with Crippen LogP contribution in [0.1, 0.15) is 41.5 Å². The fraction of sp³-hybridized carbons (Fsp3) is 0.357. The molecule has 1 aromatic carbocycles. The van der Waals surface area contributed by atoms with Crippen molar-refractivity contribution in [2.45, 2.75) is 26.4 Å². The van der Waals surface area contributed by atoms with Crippen LogP contribution in [0.25, 0.3) is 0 Å². The first kappa shape index (κ1) is 13.3. The molecular weight excluding hydrogens is 246 g/mol. The van der Waals surface area contributed by atoms with Crippen molar-refractivity contribution < 1.29 is 19.1 Å². The summed E-state index contributed by atoms with van der Waals surface area (Å²) in [4.78, 5) is 36.6. The van der Waals surface area contributed by atoms with Gasteiger partial charge in [0.2, 0.25) is 0 Å². The standard InChI is InChI=1S/C14H15NO4/c1-14(2,3)19-11(16)8-15-12(17)9-6-4-5-7-10(9)13(15)18/h4-7H,8H2,1-3H3. The van der Waals surface area contributed by atoms with Crippen LogP contribution in [0.15, 0.2) is 24.3 Å². The number of esters is 1. The maximum atomic E-state index is 12.0. The minimum absolute atomic E-state index is 0.330. The number of hydrogen-bond acceptors (Lipinski definition) is 4. The van der Waals surface area contributed by atoms with Crippen LogP contribution in [-0.4, -0.2) is 34.8 Å². The van der Waals surface area contributed by atoms with Crippen molar-refractivity contribution in [3.8, 4) is 0 Å². The number of ether oxygens (including phenoxy) is 1. The van der Waals surface area contributed by atoms with Gasteiger partial charge in [-0.15, -0.1) is 0 Å². The van der Waals surface area contributed by atoms with Gasteiger partial charge in [-0.3, -0.25) is 19.3 Å². The highest BCUT2D eigenvalue weighted by atomic mass is 16.6. The topological polar surface area (TPSA) is 63.7 Å². The first-order valence-electron chi connectivity index (χ1n) is 5.96. The molecule has 1 aliphatic heterocycles. The Morgan fingerprint density at radius 3 is 2.00 bits per heavy atom. The number of carbonyl (C=O) groups is 3. The van der Waals surface area contributed by atoms with Gasteiger partial charge in [-0.1, -0.05) is 12.1 Å². The SMILES string of the molecule is CC(C)(C)OC(=O)CN1C(=O)c2ccccc2C1=O. The van der Waals surface area contributed by atoms with Crippen LogP contribution >= 0.6 is 0 Å². The lowest BCUT2D eigenvalue weighted by Crippen LogP contribution is -2.38. The van der Waals surface area contributed by atoms with Gasteiger partial charge in [0.25, 0.3) is 11.8 Å². The number of rotatable bonds is 2. The summed E-state index contributed by atoms with van der Waals surface area (Å²) in [6, 6.07) is 6.51. The maximum absolute atomic E-state index is 12.0. The molecule has 0 N–H and O–H groups in total. The number of nitrogens with zero attached hydrogens (tertiary/aromatic N) is 1. The van der Waals surface area contributed by atoms with Gasteiger partial charge in [0.05, 0.1) is 11.1 Å². The monoisotopic (exact) mass is 261 g/mol. The minimum Gasteiger partial charge on any atom is -0.459 e. The van der Waals surface area contributed by atoms with Gasteiger partial charge in [0, 0.05) is 0 Å². The van der Waals surface area contributed by atoms with Crippen LogP contribution in [0.5, 0.6) is 0 Å². The van der Waals surface area contributed by atoms with Crippen LogP contribution in [0, 0.1) is 0 Å². The van der Waals surface area contributed by atoms with Gasteiger partial charge in [-0.05, 0) is 32.9 Å². The number of fused-ring (bicyclic) bond motifs is 1. The Morgan fingerprint density at radius 1 is 1.11 bits per heavy atom. The van der Waals surface area contributed by atoms with Crippen LogP contribution < -0.4 is 0 Å². The van der Waals surface area contributed by atoms with Crippen LogP contribution in [0.4, 0.5) is 0 Å². The molecule has 1 aromatic rings. The molecule has 5 heteroatoms. The predicted molar refractivity (Wildman–Crippen MR) is 67.7 cm³/mol. The van der Waals surface area contributed by atoms with E-state index in [2.05, 4.69) is 0 Å². The van der Waals surface area contributed by atoms with Crippen molar-refractivity contribution in [3.05, 3.63) is 35.4 Å². The lowest BCUT2D eigenvalue weighted by molar-refractivity contribution is -0.155. The van der Waals surface area contributed by atoms with Crippen molar-refractivity contribution in [3.63, 3.8) is 0 Å². The summed E-state index contributed by atoms with van der Waals surface area (Å²) in [6.45, 7) is 4.83. The third-order valence-corrected chi connectivity index (χ3v) is 2.59. The minimum atomic E-state index is -0.643. The predicted octanol–water partition coefficient (Wildman–Crippen LogP) is 1.62. The van der Waals surface area contributed by atoms with Crippen molar-refractivity contribution in [1.82, 2.24) is 4.90 Å². The second kappa shape index (κ2) is 4.50. The van der Waals surface area contributed by atoms with E-state index in [1.54, 1.807) is 45.0 Å². The molecule has 0 saturated carbocycles. The molecule has 0 bridgehead atoms. The fourth-order valence-corrected chi connectivity index (χ4v) is 1.89. The summed E-state index contributed by atoms with van der Waals surface area (Å²) in [5.41, 5.74) is 0.0163. The number of amides is 2. The summed E-state index contributed by atoms with van der Waals surface area (Å²) in [7, 11) is 0. The van der Waals surface area contributed by atoms with Gasteiger partial charge < -0.3 is 4.74 Å². The van der Waals surface area contributed by atoms with Gasteiger partial charge >= 0.3 is 5.97 Å². The Labute approximate surface area is 111 Å². The molecule has 19 heavy (non-hydrogen) atoms. The van der Waals surface area contributed by atoms with Crippen molar-refractivity contribution in [2.75, 3.05) is 6.54 Å². The van der Waals surface area contributed by atoms with E-state index in [1.165, 1.54) is 0 Å². The molecule has 0 spiro atoms. The molecule has 5 nitrogen and oxygen atoms in total. The lowest BCUT2D eigenvalue weighted by Gasteiger charge is -2.21. The maximum Gasteiger partial charge on any atom is 0.326 e. The zero-order valence-corrected chi connectivity index (χ0v) is 11.1. The first-order chi connectivity index (χ1) is 8.79. The summed E-state index contributed by atoms with van der Waals surface area (Å²) < 4.78 is 5.11. The average Bonchev–Trinajstić information content (AvgIpc) is 2.53. The van der Waals surface area contributed by atoms with E-state index in [4.69, 9.17) is 4.74 Å². The van der Waals surface area contributed by atoms with E-state index in [0.717, 1.165) is 4.90 Å². The highest BCUT2D eigenvalue weighted by Gasteiger charge is 2.37. The molecule has 0 atom stereocenters. The van der Waals surface area contributed by atoms with Gasteiger partial charge in [0.15, 0.2) is 0 Å². The Hall–Kier alpha value is -2.17. The van der Waals surface area contributed by atoms with Gasteiger partial charge in [0.1, 0.15) is 12.1 Å². The highest BCUT2D eigenvalue weighted by Crippen LogP contribution is 2.22. The summed E-state index contributed by atoms with van der Waals surface area (Å²) in [5, 5.41) is 0. The van der Waals surface area contributed by atoms with Crippen LogP contribution in [0.3, 0.4) is 0 Å². The largest absolute Gasteiger partial charge is 0.459 e. The zero-order chi connectivity index (χ0) is 14.2. The van der Waals surface area contributed by atoms with E-state index in [1.807, 2.05) is 0 Å². The summed E-state index contributed by atoms with van der Waals surface area (Å²) >= 11 is 0. The molecule has 0 fully saturated rings. The molecule has 0 aliphatic carbocycles. The molecular formula is C14H15NO4. The molecule has 2 amide bonds. The number of imide groups is 1. The van der Waals surface area contributed by atoms with E-state index in [9.17, 15) is 14.4 Å². The van der Waals surface area contributed by atoms with E-state index in [-0.39, 0.29) is 6.54 Å². The zero-order valence-electron chi connectivity index (χ0n) is 11.1. The van der Waals surface area contributed by atoms with Crippen molar-refractivity contribution in [1.29, 1.82) is 0 Å². The van der Waals surface area contributed by atoms with Crippen molar-refractivity contribution >= 4 is 17.8 Å². The van der Waals surface area contributed by atoms with Gasteiger partial charge in [-0.25, -0.2) is 0 Å². The van der Waals surface area contributed by atoms with E-state index >= 15 is 0 Å². The molecule has 0 aromatic heterocycles. The molecule has 1 heterocycles. The van der Waals surface area contributed by atoms with Crippen LogP contribution in [0.2, 0.25) is 0 Å². The van der Waals surface area contributed by atoms with E-state index < -0.39 is 23.4 Å². The average molecular weight is 261 g/mol. The number of hydrogen-bond donors (Lipinski definition) is 0. The molecule has 2 rings (SSSR count). The molecule has 0 unspecified atom stereocenters. The summed E-state index contributed by atoms with van der Waals surface area (Å²) in [5.74, 6) is -1.50. The van der Waals surface area contributed by atoms with E-state index in [0.29, 0.717) is 11.1 Å². The molecule has 0 radical (unpaired) electrons. The lowest BCUT2D eigenvalue weighted by atomic mass is 10.1. The Balaban J connectivity index is 2.15. The van der Waals surface area contributed by atoms with Crippen LogP contribution in [-0.2, 0) is 9.53 Å². The first-order valence-corrected chi connectivity index (χ1v) is 5.96. The molecule has 1 aliphatic rings. The number of benzene rings is 1. The summed E-state index contributed by atoms with van der Waals surface area (Å²) in [6.07, 6.45) is 0. The highest BCUT2D eigenvalue weighted by molar-refractivity contribution is 6.22. The fourth-order valence-electron chi connectivity index (χ4n) is 1.89. The Kier molecular flexibility index (Phi) is 3.14. The smallest absolute Gasteiger partial charge is 0.326 e. The normalized spacial score (nSPS) is 14.6. The van der Waals surface area contributed by atoms with Gasteiger partial charge in [-0.2, -0.15) is 0 Å². The molecule has 0 saturated heterocycles. The quantitative estimate of drug-likeness (QED) is 0.599. The Bertz CT molecular complexity index is 522. The Morgan fingerprint density at radius 2 is 1.58 bits per heavy atom. The second-order valence-electron chi connectivity index (χ2n) is 5.33. The molecule has 100 valence electrons. The number of carbonyl (C=O) groups excluding carboxylic acids is 3.